The standard InChI is InChI=1S/C16H14ClN3O/c1-11(21)20-14-4-2-12(3-5-14)10-19-15-6-7-16(17)13(8-15)9-18/h2-8,19H,10H2,1H3,(H,20,21). The molecule has 0 unspecified atom stereocenters. The van der Waals surface area contributed by atoms with E-state index in [0.717, 1.165) is 16.9 Å². The van der Waals surface area contributed by atoms with Crippen molar-refractivity contribution < 1.29 is 4.79 Å². The maximum absolute atomic E-state index is 10.9. The van der Waals surface area contributed by atoms with Crippen molar-refractivity contribution in [2.75, 3.05) is 10.6 Å². The Bertz CT molecular complexity index is 690. The summed E-state index contributed by atoms with van der Waals surface area (Å²) >= 11 is 5.89. The predicted molar refractivity (Wildman–Crippen MR) is 84.2 cm³/mol. The van der Waals surface area contributed by atoms with Crippen molar-refractivity contribution in [3.63, 3.8) is 0 Å². The molecule has 0 aromatic heterocycles. The summed E-state index contributed by atoms with van der Waals surface area (Å²) in [5, 5.41) is 15.3. The molecule has 0 aliphatic heterocycles. The van der Waals surface area contributed by atoms with Gasteiger partial charge in [0.05, 0.1) is 10.6 Å². The van der Waals surface area contributed by atoms with Crippen LogP contribution in [0.3, 0.4) is 0 Å². The van der Waals surface area contributed by atoms with Crippen molar-refractivity contribution in [2.45, 2.75) is 13.5 Å². The fourth-order valence-electron chi connectivity index (χ4n) is 1.83. The summed E-state index contributed by atoms with van der Waals surface area (Å²) in [5.74, 6) is -0.0916. The summed E-state index contributed by atoms with van der Waals surface area (Å²) in [6.45, 7) is 2.09. The number of nitrogens with zero attached hydrogens (tertiary/aromatic N) is 1. The molecule has 0 bridgehead atoms. The summed E-state index contributed by atoms with van der Waals surface area (Å²) in [5.41, 5.74) is 3.12. The zero-order valence-electron chi connectivity index (χ0n) is 11.5. The van der Waals surface area contributed by atoms with Gasteiger partial charge in [0, 0.05) is 24.8 Å². The number of rotatable bonds is 4. The molecule has 2 aromatic carbocycles. The van der Waals surface area contributed by atoms with Crippen LogP contribution in [0.15, 0.2) is 42.5 Å². The molecule has 0 aliphatic carbocycles. The monoisotopic (exact) mass is 299 g/mol. The summed E-state index contributed by atoms with van der Waals surface area (Å²) in [4.78, 5) is 10.9. The van der Waals surface area contributed by atoms with Crippen LogP contribution in [-0.2, 0) is 11.3 Å². The fraction of sp³-hybridized carbons (Fsp3) is 0.125. The van der Waals surface area contributed by atoms with Gasteiger partial charge in [-0.15, -0.1) is 0 Å². The molecule has 0 aliphatic rings. The zero-order valence-corrected chi connectivity index (χ0v) is 12.2. The second-order valence-electron chi connectivity index (χ2n) is 4.54. The minimum Gasteiger partial charge on any atom is -0.381 e. The number of anilines is 2. The van der Waals surface area contributed by atoms with Gasteiger partial charge in [0.1, 0.15) is 6.07 Å². The van der Waals surface area contributed by atoms with Gasteiger partial charge in [0.2, 0.25) is 5.91 Å². The predicted octanol–water partition coefficient (Wildman–Crippen LogP) is 3.78. The Kier molecular flexibility index (Phi) is 4.81. The van der Waals surface area contributed by atoms with Crippen LogP contribution in [0.25, 0.3) is 0 Å². The number of hydrogen-bond donors (Lipinski definition) is 2. The molecule has 21 heavy (non-hydrogen) atoms. The Morgan fingerprint density at radius 2 is 1.86 bits per heavy atom. The first-order valence-corrected chi connectivity index (χ1v) is 6.76. The minimum absolute atomic E-state index is 0.0916. The van der Waals surface area contributed by atoms with Crippen LogP contribution < -0.4 is 10.6 Å². The van der Waals surface area contributed by atoms with E-state index in [4.69, 9.17) is 16.9 Å². The van der Waals surface area contributed by atoms with Crippen LogP contribution in [0.2, 0.25) is 5.02 Å². The number of hydrogen-bond acceptors (Lipinski definition) is 3. The smallest absolute Gasteiger partial charge is 0.221 e. The van der Waals surface area contributed by atoms with Gasteiger partial charge in [0.15, 0.2) is 0 Å². The van der Waals surface area contributed by atoms with Crippen LogP contribution in [-0.4, -0.2) is 5.91 Å². The molecule has 2 N–H and O–H groups in total. The number of nitrogens with one attached hydrogen (secondary N) is 2. The fourth-order valence-corrected chi connectivity index (χ4v) is 1.99. The second kappa shape index (κ2) is 6.78. The summed E-state index contributed by atoms with van der Waals surface area (Å²) in [6, 6.07) is 14.8. The van der Waals surface area contributed by atoms with Gasteiger partial charge in [-0.2, -0.15) is 5.26 Å². The molecule has 2 rings (SSSR count). The van der Waals surface area contributed by atoms with E-state index in [-0.39, 0.29) is 5.91 Å². The van der Waals surface area contributed by atoms with E-state index in [1.54, 1.807) is 12.1 Å². The van der Waals surface area contributed by atoms with E-state index in [1.165, 1.54) is 6.92 Å². The van der Waals surface area contributed by atoms with Gasteiger partial charge in [0.25, 0.3) is 0 Å². The van der Waals surface area contributed by atoms with E-state index in [9.17, 15) is 4.79 Å². The van der Waals surface area contributed by atoms with Crippen molar-refractivity contribution in [3.05, 3.63) is 58.6 Å². The highest BCUT2D eigenvalue weighted by Crippen LogP contribution is 2.20. The van der Waals surface area contributed by atoms with Gasteiger partial charge in [-0.25, -0.2) is 0 Å². The van der Waals surface area contributed by atoms with Crippen molar-refractivity contribution in [1.29, 1.82) is 5.26 Å². The highest BCUT2D eigenvalue weighted by atomic mass is 35.5. The first-order chi connectivity index (χ1) is 10.1. The number of carbonyl (C=O) groups is 1. The second-order valence-corrected chi connectivity index (χ2v) is 4.95. The highest BCUT2D eigenvalue weighted by Gasteiger charge is 2.01. The van der Waals surface area contributed by atoms with Crippen molar-refractivity contribution >= 4 is 28.9 Å². The number of benzene rings is 2. The van der Waals surface area contributed by atoms with Crippen LogP contribution in [0, 0.1) is 11.3 Å². The minimum atomic E-state index is -0.0916. The maximum atomic E-state index is 10.9. The average molecular weight is 300 g/mol. The molecule has 2 aromatic rings. The molecule has 0 radical (unpaired) electrons. The number of halogens is 1. The van der Waals surface area contributed by atoms with E-state index in [2.05, 4.69) is 10.6 Å². The largest absolute Gasteiger partial charge is 0.381 e. The average Bonchev–Trinajstić information content (AvgIpc) is 2.47. The molecule has 0 saturated heterocycles. The molecule has 0 spiro atoms. The SMILES string of the molecule is CC(=O)Nc1ccc(CNc2ccc(Cl)c(C#N)c2)cc1. The summed E-state index contributed by atoms with van der Waals surface area (Å²) < 4.78 is 0. The van der Waals surface area contributed by atoms with E-state index < -0.39 is 0 Å². The van der Waals surface area contributed by atoms with Crippen LogP contribution in [0.5, 0.6) is 0 Å². The summed E-state index contributed by atoms with van der Waals surface area (Å²) in [7, 11) is 0. The molecule has 106 valence electrons. The van der Waals surface area contributed by atoms with E-state index in [0.29, 0.717) is 17.1 Å². The third-order valence-electron chi connectivity index (χ3n) is 2.86. The van der Waals surface area contributed by atoms with Gasteiger partial charge in [-0.3, -0.25) is 4.79 Å². The Balaban J connectivity index is 2.00. The van der Waals surface area contributed by atoms with Crippen molar-refractivity contribution in [1.82, 2.24) is 0 Å². The van der Waals surface area contributed by atoms with Gasteiger partial charge >= 0.3 is 0 Å². The lowest BCUT2D eigenvalue weighted by molar-refractivity contribution is -0.114. The maximum Gasteiger partial charge on any atom is 0.221 e. The quantitative estimate of drug-likeness (QED) is 0.903. The first kappa shape index (κ1) is 14.9. The van der Waals surface area contributed by atoms with Gasteiger partial charge in [-0.05, 0) is 35.9 Å². The lowest BCUT2D eigenvalue weighted by Gasteiger charge is -2.08. The normalized spacial score (nSPS) is 9.76. The first-order valence-electron chi connectivity index (χ1n) is 6.38. The van der Waals surface area contributed by atoms with Crippen LogP contribution >= 0.6 is 11.6 Å². The molecule has 0 fully saturated rings. The molecular weight excluding hydrogens is 286 g/mol. The summed E-state index contributed by atoms with van der Waals surface area (Å²) in [6.07, 6.45) is 0. The Morgan fingerprint density at radius 3 is 2.48 bits per heavy atom. The van der Waals surface area contributed by atoms with E-state index >= 15 is 0 Å². The Morgan fingerprint density at radius 1 is 1.19 bits per heavy atom. The third kappa shape index (κ3) is 4.23. The van der Waals surface area contributed by atoms with Gasteiger partial charge in [-0.1, -0.05) is 23.7 Å². The molecular formula is C16H14ClN3O. The molecule has 0 atom stereocenters. The molecule has 5 heteroatoms. The third-order valence-corrected chi connectivity index (χ3v) is 3.19. The number of amides is 1. The van der Waals surface area contributed by atoms with Crippen molar-refractivity contribution in [2.24, 2.45) is 0 Å². The lowest BCUT2D eigenvalue weighted by Crippen LogP contribution is -2.06. The lowest BCUT2D eigenvalue weighted by atomic mass is 10.2. The molecule has 0 saturated carbocycles. The van der Waals surface area contributed by atoms with Crippen LogP contribution in [0.4, 0.5) is 11.4 Å². The Hall–Kier alpha value is -2.51. The van der Waals surface area contributed by atoms with E-state index in [1.807, 2.05) is 36.4 Å². The molecule has 1 amide bonds. The molecule has 0 heterocycles. The number of nitriles is 1. The van der Waals surface area contributed by atoms with Crippen LogP contribution in [0.1, 0.15) is 18.1 Å². The highest BCUT2D eigenvalue weighted by molar-refractivity contribution is 6.31. The zero-order chi connectivity index (χ0) is 15.2. The molecule has 4 nitrogen and oxygen atoms in total. The Labute approximate surface area is 128 Å². The van der Waals surface area contributed by atoms with Gasteiger partial charge < -0.3 is 10.6 Å². The number of carbonyl (C=O) groups excluding carboxylic acids is 1. The van der Waals surface area contributed by atoms with Crippen molar-refractivity contribution in [3.8, 4) is 6.07 Å². The topological polar surface area (TPSA) is 64.9 Å².